The molecule has 4 heteroatoms. The van der Waals surface area contributed by atoms with Crippen molar-refractivity contribution in [3.05, 3.63) is 29.6 Å². The van der Waals surface area contributed by atoms with Gasteiger partial charge < -0.3 is 10.4 Å². The minimum atomic E-state index is -0.534. The highest BCUT2D eigenvalue weighted by molar-refractivity contribution is 5.96. The van der Waals surface area contributed by atoms with E-state index in [4.69, 9.17) is 0 Å². The maximum absolute atomic E-state index is 13.0. The summed E-state index contributed by atoms with van der Waals surface area (Å²) in [4.78, 5) is 11.9. The Morgan fingerprint density at radius 2 is 2.00 bits per heavy atom. The average molecular weight is 253 g/mol. The SMILES string of the molecule is CCC(CC)C(C)NC(=O)c1cc(F)ccc1O. The third-order valence-electron chi connectivity index (χ3n) is 3.32. The maximum atomic E-state index is 13.0. The number of halogens is 1. The fourth-order valence-corrected chi connectivity index (χ4v) is 2.09. The molecule has 1 aromatic carbocycles. The van der Waals surface area contributed by atoms with Crippen molar-refractivity contribution in [1.29, 1.82) is 0 Å². The lowest BCUT2D eigenvalue weighted by molar-refractivity contribution is 0.0922. The number of carbonyl (C=O) groups is 1. The highest BCUT2D eigenvalue weighted by Gasteiger charge is 2.18. The number of phenols is 1. The van der Waals surface area contributed by atoms with Crippen LogP contribution in [0.15, 0.2) is 18.2 Å². The van der Waals surface area contributed by atoms with Crippen molar-refractivity contribution in [3.8, 4) is 5.75 Å². The van der Waals surface area contributed by atoms with Gasteiger partial charge in [-0.15, -0.1) is 0 Å². The van der Waals surface area contributed by atoms with E-state index in [0.29, 0.717) is 5.92 Å². The lowest BCUT2D eigenvalue weighted by atomic mass is 9.95. The third-order valence-corrected chi connectivity index (χ3v) is 3.32. The van der Waals surface area contributed by atoms with Gasteiger partial charge in [0.2, 0.25) is 0 Å². The van der Waals surface area contributed by atoms with Crippen LogP contribution in [0.25, 0.3) is 0 Å². The molecule has 0 fully saturated rings. The molecule has 18 heavy (non-hydrogen) atoms. The number of rotatable bonds is 5. The van der Waals surface area contributed by atoms with Crippen LogP contribution in [-0.4, -0.2) is 17.1 Å². The number of hydrogen-bond donors (Lipinski definition) is 2. The molecule has 1 aromatic rings. The van der Waals surface area contributed by atoms with Crippen molar-refractivity contribution >= 4 is 5.91 Å². The molecule has 1 amide bonds. The quantitative estimate of drug-likeness (QED) is 0.847. The zero-order chi connectivity index (χ0) is 13.7. The summed E-state index contributed by atoms with van der Waals surface area (Å²) in [5, 5.41) is 12.3. The van der Waals surface area contributed by atoms with E-state index < -0.39 is 11.7 Å². The molecule has 0 radical (unpaired) electrons. The van der Waals surface area contributed by atoms with E-state index in [1.165, 1.54) is 6.07 Å². The number of aromatic hydroxyl groups is 1. The van der Waals surface area contributed by atoms with E-state index in [-0.39, 0.29) is 17.4 Å². The summed E-state index contributed by atoms with van der Waals surface area (Å²) in [6.07, 6.45) is 1.93. The molecule has 0 aromatic heterocycles. The van der Waals surface area contributed by atoms with Crippen LogP contribution < -0.4 is 5.32 Å². The summed E-state index contributed by atoms with van der Waals surface area (Å²) < 4.78 is 13.0. The predicted molar refractivity (Wildman–Crippen MR) is 69.1 cm³/mol. The van der Waals surface area contributed by atoms with E-state index >= 15 is 0 Å². The van der Waals surface area contributed by atoms with Crippen LogP contribution in [0, 0.1) is 11.7 Å². The molecule has 0 bridgehead atoms. The fraction of sp³-hybridized carbons (Fsp3) is 0.500. The summed E-state index contributed by atoms with van der Waals surface area (Å²) in [5.41, 5.74) is -0.0205. The number of amides is 1. The van der Waals surface area contributed by atoms with E-state index in [9.17, 15) is 14.3 Å². The first-order valence-corrected chi connectivity index (χ1v) is 6.28. The Labute approximate surface area is 107 Å². The Bertz CT molecular complexity index is 416. The van der Waals surface area contributed by atoms with Crippen LogP contribution in [0.2, 0.25) is 0 Å². The summed E-state index contributed by atoms with van der Waals surface area (Å²) in [7, 11) is 0. The number of nitrogens with one attached hydrogen (secondary N) is 1. The topological polar surface area (TPSA) is 49.3 Å². The summed E-state index contributed by atoms with van der Waals surface area (Å²) >= 11 is 0. The van der Waals surface area contributed by atoms with Crippen molar-refractivity contribution in [2.45, 2.75) is 39.7 Å². The van der Waals surface area contributed by atoms with Gasteiger partial charge in [-0.2, -0.15) is 0 Å². The number of phenolic OH excluding ortho intramolecular Hbond substituents is 1. The standard InChI is InChI=1S/C14H20FNO2/c1-4-10(5-2)9(3)16-14(18)12-8-11(15)6-7-13(12)17/h6-10,17H,4-5H2,1-3H3,(H,16,18). The molecular formula is C14H20FNO2. The molecule has 0 spiro atoms. The Morgan fingerprint density at radius 3 is 2.56 bits per heavy atom. The molecule has 0 aliphatic rings. The molecule has 1 unspecified atom stereocenters. The summed E-state index contributed by atoms with van der Waals surface area (Å²) in [6, 6.07) is 3.35. The van der Waals surface area contributed by atoms with Crippen molar-refractivity contribution in [1.82, 2.24) is 5.32 Å². The number of carbonyl (C=O) groups excluding carboxylic acids is 1. The Morgan fingerprint density at radius 1 is 1.39 bits per heavy atom. The lowest BCUT2D eigenvalue weighted by Gasteiger charge is -2.22. The second-order valence-corrected chi connectivity index (χ2v) is 4.50. The molecule has 0 heterocycles. The molecular weight excluding hydrogens is 233 g/mol. The Hall–Kier alpha value is -1.58. The van der Waals surface area contributed by atoms with Gasteiger partial charge in [-0.3, -0.25) is 4.79 Å². The minimum absolute atomic E-state index is 0.00447. The van der Waals surface area contributed by atoms with Crippen molar-refractivity contribution in [2.75, 3.05) is 0 Å². The molecule has 1 atom stereocenters. The molecule has 2 N–H and O–H groups in total. The molecule has 1 rings (SSSR count). The van der Waals surface area contributed by atoms with Crippen molar-refractivity contribution < 1.29 is 14.3 Å². The normalized spacial score (nSPS) is 12.5. The average Bonchev–Trinajstić information content (AvgIpc) is 2.33. The van der Waals surface area contributed by atoms with Crippen molar-refractivity contribution in [2.24, 2.45) is 5.92 Å². The van der Waals surface area contributed by atoms with Crippen LogP contribution in [0.1, 0.15) is 44.0 Å². The lowest BCUT2D eigenvalue weighted by Crippen LogP contribution is -2.37. The predicted octanol–water partition coefficient (Wildman–Crippen LogP) is 3.09. The first-order valence-electron chi connectivity index (χ1n) is 6.28. The smallest absolute Gasteiger partial charge is 0.255 e. The van der Waals surface area contributed by atoms with Crippen LogP contribution in [0.4, 0.5) is 4.39 Å². The van der Waals surface area contributed by atoms with Gasteiger partial charge in [0.05, 0.1) is 5.56 Å². The van der Waals surface area contributed by atoms with Gasteiger partial charge in [-0.1, -0.05) is 26.7 Å². The molecule has 0 aliphatic heterocycles. The van der Waals surface area contributed by atoms with Gasteiger partial charge in [0, 0.05) is 6.04 Å². The fourth-order valence-electron chi connectivity index (χ4n) is 2.09. The van der Waals surface area contributed by atoms with E-state index in [1.54, 1.807) is 0 Å². The second-order valence-electron chi connectivity index (χ2n) is 4.50. The molecule has 3 nitrogen and oxygen atoms in total. The highest BCUT2D eigenvalue weighted by Crippen LogP contribution is 2.19. The third kappa shape index (κ3) is 3.45. The Balaban J connectivity index is 2.79. The van der Waals surface area contributed by atoms with Gasteiger partial charge >= 0.3 is 0 Å². The monoisotopic (exact) mass is 253 g/mol. The van der Waals surface area contributed by atoms with Gasteiger partial charge in [-0.05, 0) is 31.0 Å². The van der Waals surface area contributed by atoms with Crippen LogP contribution in [0.5, 0.6) is 5.75 Å². The summed E-state index contributed by atoms with van der Waals surface area (Å²) in [5.74, 6) is -0.796. The largest absolute Gasteiger partial charge is 0.507 e. The molecule has 0 saturated carbocycles. The Kier molecular flexibility index (Phi) is 5.13. The zero-order valence-electron chi connectivity index (χ0n) is 11.0. The van der Waals surface area contributed by atoms with Gasteiger partial charge in [0.15, 0.2) is 0 Å². The van der Waals surface area contributed by atoms with E-state index in [1.807, 2.05) is 6.92 Å². The van der Waals surface area contributed by atoms with Gasteiger partial charge in [0.25, 0.3) is 5.91 Å². The first-order chi connectivity index (χ1) is 8.49. The zero-order valence-corrected chi connectivity index (χ0v) is 11.0. The second kappa shape index (κ2) is 6.38. The molecule has 100 valence electrons. The van der Waals surface area contributed by atoms with E-state index in [2.05, 4.69) is 19.2 Å². The van der Waals surface area contributed by atoms with Gasteiger partial charge in [0.1, 0.15) is 11.6 Å². The molecule has 0 aliphatic carbocycles. The summed E-state index contributed by atoms with van der Waals surface area (Å²) in [6.45, 7) is 6.05. The number of hydrogen-bond acceptors (Lipinski definition) is 2. The maximum Gasteiger partial charge on any atom is 0.255 e. The van der Waals surface area contributed by atoms with Gasteiger partial charge in [-0.25, -0.2) is 4.39 Å². The molecule has 0 saturated heterocycles. The minimum Gasteiger partial charge on any atom is -0.507 e. The number of benzene rings is 1. The van der Waals surface area contributed by atoms with Crippen LogP contribution >= 0.6 is 0 Å². The van der Waals surface area contributed by atoms with Crippen LogP contribution in [-0.2, 0) is 0 Å². The highest BCUT2D eigenvalue weighted by atomic mass is 19.1. The van der Waals surface area contributed by atoms with Crippen molar-refractivity contribution in [3.63, 3.8) is 0 Å². The van der Waals surface area contributed by atoms with E-state index in [0.717, 1.165) is 25.0 Å². The van der Waals surface area contributed by atoms with Crippen LogP contribution in [0.3, 0.4) is 0 Å². The first kappa shape index (κ1) is 14.5.